The van der Waals surface area contributed by atoms with Crippen molar-refractivity contribution in [2.45, 2.75) is 38.8 Å². The first kappa shape index (κ1) is 16.7. The Balaban J connectivity index is 1.95. The Morgan fingerprint density at radius 1 is 1.36 bits per heavy atom. The highest BCUT2D eigenvalue weighted by molar-refractivity contribution is 5.68. The molecule has 6 heteroatoms. The molecule has 0 unspecified atom stereocenters. The van der Waals surface area contributed by atoms with Crippen molar-refractivity contribution in [2.75, 3.05) is 19.6 Å². The molecule has 1 heterocycles. The number of benzene rings is 1. The van der Waals surface area contributed by atoms with Crippen molar-refractivity contribution < 1.29 is 18.3 Å². The molecule has 2 rings (SSSR count). The molecule has 1 saturated heterocycles. The second kappa shape index (κ2) is 6.60. The number of halogens is 2. The fraction of sp³-hybridized carbons (Fsp3) is 0.562. The van der Waals surface area contributed by atoms with Crippen molar-refractivity contribution in [1.82, 2.24) is 10.2 Å². The fourth-order valence-electron chi connectivity index (χ4n) is 2.41. The third kappa shape index (κ3) is 4.66. The predicted molar refractivity (Wildman–Crippen MR) is 79.7 cm³/mol. The van der Waals surface area contributed by atoms with Crippen LogP contribution in [-0.2, 0) is 11.2 Å². The summed E-state index contributed by atoms with van der Waals surface area (Å²) in [6.07, 6.45) is 0.181. The van der Waals surface area contributed by atoms with Gasteiger partial charge in [0.15, 0.2) is 11.6 Å². The van der Waals surface area contributed by atoms with Crippen LogP contribution in [-0.4, -0.2) is 42.3 Å². The first-order valence-corrected chi connectivity index (χ1v) is 7.40. The van der Waals surface area contributed by atoms with Gasteiger partial charge in [-0.15, -0.1) is 0 Å². The Bertz CT molecular complexity index is 543. The molecular weight excluding hydrogens is 290 g/mol. The molecule has 0 saturated carbocycles. The SMILES string of the molecule is CC(C)(C)OC(=O)N1CCN[C@@H](Cc2ccc(F)c(F)c2)C1. The Labute approximate surface area is 129 Å². The van der Waals surface area contributed by atoms with Gasteiger partial charge in [0.2, 0.25) is 0 Å². The third-order valence-electron chi connectivity index (χ3n) is 3.37. The standard InChI is InChI=1S/C16H22F2N2O2/c1-16(2,3)22-15(21)20-7-6-19-12(10-20)8-11-4-5-13(17)14(18)9-11/h4-5,9,12,19H,6-8,10H2,1-3H3/t12-/m0/s1. The number of nitrogens with zero attached hydrogens (tertiary/aromatic N) is 1. The molecule has 1 atom stereocenters. The maximum absolute atomic E-state index is 13.2. The minimum atomic E-state index is -0.851. The van der Waals surface area contributed by atoms with E-state index in [0.29, 0.717) is 31.6 Å². The van der Waals surface area contributed by atoms with E-state index in [0.717, 1.165) is 6.07 Å². The highest BCUT2D eigenvalue weighted by atomic mass is 19.2. The van der Waals surface area contributed by atoms with Gasteiger partial charge < -0.3 is 15.0 Å². The average Bonchev–Trinajstić information content (AvgIpc) is 2.41. The lowest BCUT2D eigenvalue weighted by Gasteiger charge is -2.35. The van der Waals surface area contributed by atoms with Gasteiger partial charge >= 0.3 is 6.09 Å². The third-order valence-corrected chi connectivity index (χ3v) is 3.37. The Morgan fingerprint density at radius 2 is 2.09 bits per heavy atom. The number of carbonyl (C=O) groups is 1. The molecule has 4 nitrogen and oxygen atoms in total. The zero-order valence-electron chi connectivity index (χ0n) is 13.2. The molecule has 22 heavy (non-hydrogen) atoms. The number of nitrogens with one attached hydrogen (secondary N) is 1. The van der Waals surface area contributed by atoms with E-state index in [-0.39, 0.29) is 12.1 Å². The van der Waals surface area contributed by atoms with Crippen molar-refractivity contribution in [3.63, 3.8) is 0 Å². The molecule has 1 aliphatic heterocycles. The maximum atomic E-state index is 13.2. The van der Waals surface area contributed by atoms with Crippen molar-refractivity contribution >= 4 is 6.09 Å². The zero-order chi connectivity index (χ0) is 16.3. The van der Waals surface area contributed by atoms with E-state index in [1.165, 1.54) is 6.07 Å². The van der Waals surface area contributed by atoms with Crippen LogP contribution in [0.4, 0.5) is 13.6 Å². The summed E-state index contributed by atoms with van der Waals surface area (Å²) in [4.78, 5) is 13.7. The van der Waals surface area contributed by atoms with Crippen LogP contribution in [0.1, 0.15) is 26.3 Å². The lowest BCUT2D eigenvalue weighted by molar-refractivity contribution is 0.0195. The van der Waals surface area contributed by atoms with Gasteiger partial charge in [-0.3, -0.25) is 0 Å². The van der Waals surface area contributed by atoms with Crippen molar-refractivity contribution in [2.24, 2.45) is 0 Å². The summed E-state index contributed by atoms with van der Waals surface area (Å²) in [5.74, 6) is -1.70. The molecule has 0 radical (unpaired) electrons. The fourth-order valence-corrected chi connectivity index (χ4v) is 2.41. The molecule has 0 aliphatic carbocycles. The molecule has 1 fully saturated rings. The van der Waals surface area contributed by atoms with E-state index in [1.54, 1.807) is 11.0 Å². The first-order valence-electron chi connectivity index (χ1n) is 7.40. The van der Waals surface area contributed by atoms with Gasteiger partial charge in [-0.2, -0.15) is 0 Å². The highest BCUT2D eigenvalue weighted by Gasteiger charge is 2.27. The Hall–Kier alpha value is -1.69. The average molecular weight is 312 g/mol. The van der Waals surface area contributed by atoms with E-state index < -0.39 is 17.2 Å². The smallest absolute Gasteiger partial charge is 0.410 e. The van der Waals surface area contributed by atoms with Crippen LogP contribution in [0.2, 0.25) is 0 Å². The van der Waals surface area contributed by atoms with Gasteiger partial charge in [0.25, 0.3) is 0 Å². The van der Waals surface area contributed by atoms with Crippen LogP contribution in [0.15, 0.2) is 18.2 Å². The molecule has 1 amide bonds. The monoisotopic (exact) mass is 312 g/mol. The number of amides is 1. The molecule has 122 valence electrons. The normalized spacial score (nSPS) is 19.1. The molecule has 1 aliphatic rings. The van der Waals surface area contributed by atoms with Crippen molar-refractivity contribution in [3.8, 4) is 0 Å². The largest absolute Gasteiger partial charge is 0.444 e. The van der Waals surface area contributed by atoms with Gasteiger partial charge in [-0.1, -0.05) is 6.07 Å². The van der Waals surface area contributed by atoms with Crippen LogP contribution < -0.4 is 5.32 Å². The van der Waals surface area contributed by atoms with Gasteiger partial charge in [-0.05, 0) is 44.9 Å². The van der Waals surface area contributed by atoms with Gasteiger partial charge in [-0.25, -0.2) is 13.6 Å². The number of piperazine rings is 1. The number of ether oxygens (including phenoxy) is 1. The summed E-state index contributed by atoms with van der Waals surface area (Å²) in [5, 5.41) is 3.28. The van der Waals surface area contributed by atoms with Crippen LogP contribution in [0.5, 0.6) is 0 Å². The summed E-state index contributed by atoms with van der Waals surface area (Å²) < 4.78 is 31.5. The zero-order valence-corrected chi connectivity index (χ0v) is 13.2. The summed E-state index contributed by atoms with van der Waals surface area (Å²) in [6.45, 7) is 7.17. The van der Waals surface area contributed by atoms with Gasteiger partial charge in [0.05, 0.1) is 0 Å². The van der Waals surface area contributed by atoms with E-state index in [9.17, 15) is 13.6 Å². The minimum Gasteiger partial charge on any atom is -0.444 e. The molecule has 0 spiro atoms. The summed E-state index contributed by atoms with van der Waals surface area (Å²) >= 11 is 0. The first-order chi connectivity index (χ1) is 10.2. The number of rotatable bonds is 2. The van der Waals surface area contributed by atoms with E-state index in [1.807, 2.05) is 20.8 Å². The van der Waals surface area contributed by atoms with E-state index in [2.05, 4.69) is 5.32 Å². The van der Waals surface area contributed by atoms with Gasteiger partial charge in [0, 0.05) is 25.7 Å². The molecule has 1 aromatic carbocycles. The lowest BCUT2D eigenvalue weighted by atomic mass is 10.0. The molecule has 1 aromatic rings. The quantitative estimate of drug-likeness (QED) is 0.913. The second-order valence-electron chi connectivity index (χ2n) is 6.53. The lowest BCUT2D eigenvalue weighted by Crippen LogP contribution is -2.54. The Morgan fingerprint density at radius 3 is 2.73 bits per heavy atom. The van der Waals surface area contributed by atoms with Crippen LogP contribution in [0, 0.1) is 11.6 Å². The second-order valence-corrected chi connectivity index (χ2v) is 6.53. The number of hydrogen-bond acceptors (Lipinski definition) is 3. The number of carbonyl (C=O) groups excluding carboxylic acids is 1. The summed E-state index contributed by atoms with van der Waals surface area (Å²) in [6, 6.07) is 3.88. The predicted octanol–water partition coefficient (Wildman–Crippen LogP) is 2.72. The van der Waals surface area contributed by atoms with E-state index in [4.69, 9.17) is 4.74 Å². The highest BCUT2D eigenvalue weighted by Crippen LogP contribution is 2.15. The Kier molecular flexibility index (Phi) is 5.01. The topological polar surface area (TPSA) is 41.6 Å². The van der Waals surface area contributed by atoms with Crippen LogP contribution >= 0.6 is 0 Å². The van der Waals surface area contributed by atoms with Gasteiger partial charge in [0.1, 0.15) is 5.60 Å². The molecule has 0 bridgehead atoms. The summed E-state index contributed by atoms with van der Waals surface area (Å²) in [5.41, 5.74) is 0.166. The number of hydrogen-bond donors (Lipinski definition) is 1. The van der Waals surface area contributed by atoms with Crippen LogP contribution in [0.25, 0.3) is 0 Å². The van der Waals surface area contributed by atoms with Crippen molar-refractivity contribution in [3.05, 3.63) is 35.4 Å². The maximum Gasteiger partial charge on any atom is 0.410 e. The molecule has 0 aromatic heterocycles. The molecule has 1 N–H and O–H groups in total. The summed E-state index contributed by atoms with van der Waals surface area (Å²) in [7, 11) is 0. The van der Waals surface area contributed by atoms with Crippen LogP contribution in [0.3, 0.4) is 0 Å². The van der Waals surface area contributed by atoms with Crippen molar-refractivity contribution in [1.29, 1.82) is 0 Å². The van der Waals surface area contributed by atoms with E-state index >= 15 is 0 Å². The minimum absolute atomic E-state index is 0.00821. The molecular formula is C16H22F2N2O2.